The van der Waals surface area contributed by atoms with Crippen molar-refractivity contribution in [1.29, 1.82) is 0 Å². The number of piperidine rings is 1. The van der Waals surface area contributed by atoms with Crippen LogP contribution in [0.2, 0.25) is 10.0 Å². The summed E-state index contributed by atoms with van der Waals surface area (Å²) in [5.41, 5.74) is 2.73. The second kappa shape index (κ2) is 11.8. The fraction of sp³-hybridized carbons (Fsp3) is 0.464. The molecular formula is C28H32Cl2N4O4S. The fourth-order valence-corrected chi connectivity index (χ4v) is 6.44. The summed E-state index contributed by atoms with van der Waals surface area (Å²) in [4.78, 5) is 36.1. The molecule has 8 nitrogen and oxygen atoms in total. The first-order valence-corrected chi connectivity index (χ1v) is 14.9. The minimum Gasteiger partial charge on any atom is -0.494 e. The Bertz CT molecular complexity index is 1340. The van der Waals surface area contributed by atoms with E-state index in [0.29, 0.717) is 58.5 Å². The summed E-state index contributed by atoms with van der Waals surface area (Å²) < 4.78 is 11.1. The number of thiazole rings is 1. The molecule has 0 bridgehead atoms. The zero-order chi connectivity index (χ0) is 27.7. The van der Waals surface area contributed by atoms with Gasteiger partial charge in [0.25, 0.3) is 5.91 Å². The Morgan fingerprint density at radius 1 is 1.15 bits per heavy atom. The Balaban J connectivity index is 1.23. The van der Waals surface area contributed by atoms with Gasteiger partial charge in [0.15, 0.2) is 5.13 Å². The number of rotatable bonds is 11. The Labute approximate surface area is 242 Å². The number of aromatic amines is 1. The summed E-state index contributed by atoms with van der Waals surface area (Å²) >= 11 is 13.7. The molecule has 2 aliphatic rings. The van der Waals surface area contributed by atoms with Gasteiger partial charge in [-0.05, 0) is 38.0 Å². The van der Waals surface area contributed by atoms with Crippen LogP contribution in [0.4, 0.5) is 5.13 Å². The molecule has 3 atom stereocenters. The van der Waals surface area contributed by atoms with Crippen molar-refractivity contribution in [3.8, 4) is 5.75 Å². The van der Waals surface area contributed by atoms with Crippen molar-refractivity contribution in [1.82, 2.24) is 15.3 Å². The van der Waals surface area contributed by atoms with Gasteiger partial charge < -0.3 is 24.7 Å². The first kappa shape index (κ1) is 27.8. The molecule has 208 valence electrons. The van der Waals surface area contributed by atoms with Gasteiger partial charge in [0.2, 0.25) is 0 Å². The molecule has 1 saturated carbocycles. The van der Waals surface area contributed by atoms with Crippen molar-refractivity contribution in [3.05, 3.63) is 61.8 Å². The molecule has 3 aromatic rings. The van der Waals surface area contributed by atoms with E-state index in [0.717, 1.165) is 42.4 Å². The van der Waals surface area contributed by atoms with E-state index in [1.807, 2.05) is 24.3 Å². The fourth-order valence-electron chi connectivity index (χ4n) is 5.03. The minimum atomic E-state index is -0.345. The summed E-state index contributed by atoms with van der Waals surface area (Å²) in [6.45, 7) is 8.23. The largest absolute Gasteiger partial charge is 0.494 e. The van der Waals surface area contributed by atoms with Gasteiger partial charge in [0.05, 0.1) is 29.0 Å². The van der Waals surface area contributed by atoms with Crippen LogP contribution in [-0.2, 0) is 11.2 Å². The van der Waals surface area contributed by atoms with Crippen LogP contribution in [-0.4, -0.2) is 54.2 Å². The van der Waals surface area contributed by atoms with E-state index in [2.05, 4.69) is 22.1 Å². The number of nitrogens with one attached hydrogen (secondary N) is 2. The number of hydrogen-bond acceptors (Lipinski definition) is 7. The van der Waals surface area contributed by atoms with E-state index in [9.17, 15) is 9.59 Å². The molecule has 11 heteroatoms. The highest BCUT2D eigenvalue weighted by atomic mass is 35.5. The number of unbranched alkanes of at least 4 members (excludes halogenated alkanes) is 1. The van der Waals surface area contributed by atoms with E-state index in [1.165, 1.54) is 11.3 Å². The van der Waals surface area contributed by atoms with Gasteiger partial charge in [-0.25, -0.2) is 9.78 Å². The molecule has 5 rings (SSSR count). The average molecular weight is 592 g/mol. The Hall–Kier alpha value is -2.75. The van der Waals surface area contributed by atoms with Crippen molar-refractivity contribution in [2.45, 2.75) is 46.1 Å². The second-order valence-corrected chi connectivity index (χ2v) is 11.7. The van der Waals surface area contributed by atoms with Crippen LogP contribution in [0.1, 0.15) is 63.8 Å². The minimum absolute atomic E-state index is 0.0780. The lowest BCUT2D eigenvalue weighted by atomic mass is 10.1. The number of H-pyrrole nitrogens is 1. The number of fused-ring (bicyclic) bond motifs is 1. The van der Waals surface area contributed by atoms with Gasteiger partial charge in [-0.3, -0.25) is 4.79 Å². The Kier molecular flexibility index (Phi) is 8.40. The number of carbonyl (C=O) groups excluding carboxylic acids is 2. The quantitative estimate of drug-likeness (QED) is 0.213. The van der Waals surface area contributed by atoms with Crippen LogP contribution >= 0.6 is 34.5 Å². The third-order valence-electron chi connectivity index (χ3n) is 7.25. The maximum Gasteiger partial charge on any atom is 0.350 e. The van der Waals surface area contributed by atoms with E-state index in [1.54, 1.807) is 13.8 Å². The predicted octanol–water partition coefficient (Wildman–Crippen LogP) is 5.90. The lowest BCUT2D eigenvalue weighted by Gasteiger charge is -2.19. The van der Waals surface area contributed by atoms with Crippen molar-refractivity contribution in [2.24, 2.45) is 11.8 Å². The molecule has 1 amide bonds. The SMILES string of the molecule is CCCCOc1ccc(Cc2nc(N3C[C@@H]4[C@H](C3)[C@H]4NC(=O)c3[nH]c(C)c(Cl)c3Cl)sc2C(=O)OCC)cc1. The maximum absolute atomic E-state index is 12.8. The molecule has 1 aliphatic heterocycles. The summed E-state index contributed by atoms with van der Waals surface area (Å²) in [7, 11) is 0. The monoisotopic (exact) mass is 590 g/mol. The highest BCUT2D eigenvalue weighted by Crippen LogP contribution is 2.48. The van der Waals surface area contributed by atoms with Gasteiger partial charge >= 0.3 is 5.97 Å². The van der Waals surface area contributed by atoms with Crippen LogP contribution in [0.15, 0.2) is 24.3 Å². The number of hydrogen-bond donors (Lipinski definition) is 2. The summed E-state index contributed by atoms with van der Waals surface area (Å²) in [6, 6.07) is 8.02. The van der Waals surface area contributed by atoms with Crippen molar-refractivity contribution in [3.63, 3.8) is 0 Å². The number of nitrogens with zero attached hydrogens (tertiary/aromatic N) is 2. The van der Waals surface area contributed by atoms with Crippen molar-refractivity contribution >= 4 is 51.5 Å². The molecule has 0 unspecified atom stereocenters. The molecule has 1 aromatic carbocycles. The number of amides is 1. The lowest BCUT2D eigenvalue weighted by molar-refractivity contribution is 0.0530. The second-order valence-electron chi connectivity index (χ2n) is 10.0. The van der Waals surface area contributed by atoms with E-state index >= 15 is 0 Å². The molecule has 0 radical (unpaired) electrons. The lowest BCUT2D eigenvalue weighted by Crippen LogP contribution is -2.34. The summed E-state index contributed by atoms with van der Waals surface area (Å²) in [5, 5.41) is 4.52. The van der Waals surface area contributed by atoms with Gasteiger partial charge in [-0.15, -0.1) is 0 Å². The number of ether oxygens (including phenoxy) is 2. The molecule has 0 spiro atoms. The zero-order valence-corrected chi connectivity index (χ0v) is 24.5. The molecule has 1 aliphatic carbocycles. The third kappa shape index (κ3) is 5.90. The highest BCUT2D eigenvalue weighted by Gasteiger charge is 2.57. The molecule has 39 heavy (non-hydrogen) atoms. The van der Waals surface area contributed by atoms with Crippen LogP contribution in [0, 0.1) is 18.8 Å². The molecule has 3 heterocycles. The number of benzene rings is 1. The number of esters is 1. The topological polar surface area (TPSA) is 96.5 Å². The first-order valence-electron chi connectivity index (χ1n) is 13.3. The molecule has 2 N–H and O–H groups in total. The van der Waals surface area contributed by atoms with E-state index in [-0.39, 0.29) is 22.9 Å². The predicted molar refractivity (Wildman–Crippen MR) is 154 cm³/mol. The number of aryl methyl sites for hydroxylation is 1. The van der Waals surface area contributed by atoms with E-state index in [4.69, 9.17) is 37.7 Å². The van der Waals surface area contributed by atoms with Gasteiger partial charge in [-0.1, -0.05) is 60.0 Å². The first-order chi connectivity index (χ1) is 18.8. The highest BCUT2D eigenvalue weighted by molar-refractivity contribution is 7.17. The van der Waals surface area contributed by atoms with Crippen LogP contribution in [0.25, 0.3) is 0 Å². The number of carbonyl (C=O) groups is 2. The average Bonchev–Trinajstić information content (AvgIpc) is 3.27. The van der Waals surface area contributed by atoms with Crippen molar-refractivity contribution < 1.29 is 19.1 Å². The van der Waals surface area contributed by atoms with Gasteiger partial charge in [-0.2, -0.15) is 0 Å². The molecule has 2 aromatic heterocycles. The van der Waals surface area contributed by atoms with Gasteiger partial charge in [0, 0.05) is 43.1 Å². The third-order valence-corrected chi connectivity index (χ3v) is 9.34. The standard InChI is InChI=1S/C28H32Cl2N4O4S/c1-4-6-11-38-17-9-7-16(8-10-17)12-20-25(27(36)37-5-2)39-28(32-20)34-13-18-19(14-34)23(18)33-26(35)24-22(30)21(29)15(3)31-24/h7-10,18-19,23,31H,4-6,11-14H2,1-3H3,(H,33,35)/t18-,19+,23+. The zero-order valence-electron chi connectivity index (χ0n) is 22.2. The summed E-state index contributed by atoms with van der Waals surface area (Å²) in [6.07, 6.45) is 2.64. The number of anilines is 1. The van der Waals surface area contributed by atoms with E-state index < -0.39 is 0 Å². The van der Waals surface area contributed by atoms with Crippen LogP contribution in [0.5, 0.6) is 5.75 Å². The number of halogens is 2. The van der Waals surface area contributed by atoms with Gasteiger partial charge in [0.1, 0.15) is 16.3 Å². The molecule has 2 fully saturated rings. The summed E-state index contributed by atoms with van der Waals surface area (Å²) in [5.74, 6) is 0.883. The van der Waals surface area contributed by atoms with Crippen LogP contribution in [0.3, 0.4) is 0 Å². The molecule has 1 saturated heterocycles. The normalized spacial score (nSPS) is 19.6. The maximum atomic E-state index is 12.8. The Morgan fingerprint density at radius 2 is 1.87 bits per heavy atom. The number of aromatic nitrogens is 2. The molecular weight excluding hydrogens is 559 g/mol. The van der Waals surface area contributed by atoms with Crippen LogP contribution < -0.4 is 15.0 Å². The smallest absolute Gasteiger partial charge is 0.350 e. The Morgan fingerprint density at radius 3 is 2.49 bits per heavy atom. The van der Waals surface area contributed by atoms with Crippen molar-refractivity contribution in [2.75, 3.05) is 31.2 Å².